The van der Waals surface area contributed by atoms with Crippen molar-refractivity contribution in [3.05, 3.63) is 24.4 Å². The summed E-state index contributed by atoms with van der Waals surface area (Å²) >= 11 is 0. The van der Waals surface area contributed by atoms with Crippen LogP contribution in [0.15, 0.2) is 29.4 Å². The summed E-state index contributed by atoms with van der Waals surface area (Å²) in [5.41, 5.74) is 0.235. The zero-order valence-electron chi connectivity index (χ0n) is 6.91. The molecule has 2 heteroatoms. The molecule has 11 heavy (non-hydrogen) atoms. The van der Waals surface area contributed by atoms with Crippen molar-refractivity contribution in [2.75, 3.05) is 0 Å². The first-order valence-electron chi connectivity index (χ1n) is 3.46. The smallest absolute Gasteiger partial charge is 0.133 e. The minimum Gasteiger partial charge on any atom is -0.246 e. The molecule has 0 spiro atoms. The van der Waals surface area contributed by atoms with Gasteiger partial charge < -0.3 is 0 Å². The van der Waals surface area contributed by atoms with E-state index in [1.165, 1.54) is 0 Å². The molecule has 0 saturated carbocycles. The second-order valence-corrected chi connectivity index (χ2v) is 2.47. The fourth-order valence-corrected chi connectivity index (χ4v) is 0.434. The van der Waals surface area contributed by atoms with Crippen molar-refractivity contribution in [2.24, 2.45) is 10.9 Å². The van der Waals surface area contributed by atoms with Crippen LogP contribution in [-0.4, -0.2) is 6.21 Å². The third kappa shape index (κ3) is 6.53. The molecule has 0 aromatic rings. The van der Waals surface area contributed by atoms with Crippen LogP contribution in [-0.2, 0) is 0 Å². The molecule has 0 aromatic heterocycles. The molecule has 0 aliphatic carbocycles. The Hall–Kier alpha value is -1.36. The summed E-state index contributed by atoms with van der Waals surface area (Å²) in [5.74, 6) is 0.511. The Morgan fingerprint density at radius 1 is 1.64 bits per heavy atom. The molecular weight excluding hydrogens is 136 g/mol. The summed E-state index contributed by atoms with van der Waals surface area (Å²) in [4.78, 5) is 3.75. The summed E-state index contributed by atoms with van der Waals surface area (Å²) in [6.07, 6.45) is 5.38. The van der Waals surface area contributed by atoms with E-state index in [4.69, 9.17) is 5.26 Å². The second-order valence-electron chi connectivity index (χ2n) is 2.47. The number of allylic oxidation sites excluding steroid dienone is 3. The number of nitrogens with zero attached hydrogens (tertiary/aromatic N) is 2. The van der Waals surface area contributed by atoms with Crippen LogP contribution >= 0.6 is 0 Å². The first-order valence-corrected chi connectivity index (χ1v) is 3.46. The van der Waals surface area contributed by atoms with E-state index < -0.39 is 0 Å². The largest absolute Gasteiger partial charge is 0.246 e. The molecule has 0 heterocycles. The van der Waals surface area contributed by atoms with E-state index in [2.05, 4.69) is 25.4 Å². The van der Waals surface area contributed by atoms with Gasteiger partial charge in [-0.3, -0.25) is 0 Å². The summed E-state index contributed by atoms with van der Waals surface area (Å²) < 4.78 is 0. The third-order valence-corrected chi connectivity index (χ3v) is 0.942. The first-order chi connectivity index (χ1) is 5.16. The van der Waals surface area contributed by atoms with E-state index >= 15 is 0 Å². The molecule has 0 aliphatic heterocycles. The molecule has 58 valence electrons. The Balaban J connectivity index is 3.80. The average molecular weight is 148 g/mol. The van der Waals surface area contributed by atoms with Crippen molar-refractivity contribution in [2.45, 2.75) is 13.8 Å². The monoisotopic (exact) mass is 148 g/mol. The van der Waals surface area contributed by atoms with Crippen LogP contribution in [0.4, 0.5) is 0 Å². The highest BCUT2D eigenvalue weighted by molar-refractivity contribution is 5.72. The summed E-state index contributed by atoms with van der Waals surface area (Å²) in [7, 11) is 0. The average Bonchev–Trinajstić information content (AvgIpc) is 1.97. The van der Waals surface area contributed by atoms with E-state index in [1.807, 2.05) is 18.2 Å². The molecule has 0 fully saturated rings. The molecule has 0 aromatic carbocycles. The maximum absolute atomic E-state index is 8.26. The van der Waals surface area contributed by atoms with Crippen molar-refractivity contribution in [3.63, 3.8) is 0 Å². The lowest BCUT2D eigenvalue weighted by Crippen LogP contribution is -1.77. The quantitative estimate of drug-likeness (QED) is 0.447. The fourth-order valence-electron chi connectivity index (χ4n) is 0.434. The van der Waals surface area contributed by atoms with Crippen LogP contribution in [0.25, 0.3) is 0 Å². The number of rotatable bonds is 3. The van der Waals surface area contributed by atoms with Gasteiger partial charge in [-0.1, -0.05) is 26.5 Å². The molecular formula is C9H12N2. The molecule has 0 unspecified atom stereocenters. The highest BCUT2D eigenvalue weighted by Crippen LogP contribution is 1.92. The zero-order valence-corrected chi connectivity index (χ0v) is 6.91. The van der Waals surface area contributed by atoms with Crippen LogP contribution in [0.3, 0.4) is 0 Å². The molecule has 0 N–H and O–H groups in total. The molecule has 2 nitrogen and oxygen atoms in total. The minimum atomic E-state index is 0.235. The van der Waals surface area contributed by atoms with Crippen LogP contribution in [0, 0.1) is 17.2 Å². The van der Waals surface area contributed by atoms with Gasteiger partial charge in [0.25, 0.3) is 0 Å². The van der Waals surface area contributed by atoms with Crippen molar-refractivity contribution in [1.29, 1.82) is 5.26 Å². The predicted octanol–water partition coefficient (Wildman–Crippen LogP) is 2.31. The van der Waals surface area contributed by atoms with Gasteiger partial charge in [0.05, 0.1) is 0 Å². The molecule has 0 bridgehead atoms. The molecule has 0 aliphatic rings. The third-order valence-electron chi connectivity index (χ3n) is 0.942. The lowest BCUT2D eigenvalue weighted by molar-refractivity contribution is 0.833. The number of hydrogen-bond donors (Lipinski definition) is 0. The van der Waals surface area contributed by atoms with E-state index in [0.717, 1.165) is 0 Å². The van der Waals surface area contributed by atoms with Gasteiger partial charge in [0.2, 0.25) is 0 Å². The van der Waals surface area contributed by atoms with E-state index in [-0.39, 0.29) is 5.70 Å². The Morgan fingerprint density at radius 2 is 2.27 bits per heavy atom. The van der Waals surface area contributed by atoms with Crippen molar-refractivity contribution < 1.29 is 0 Å². The van der Waals surface area contributed by atoms with Crippen molar-refractivity contribution in [3.8, 4) is 6.07 Å². The number of aliphatic imine (C=N–C) groups is 1. The maximum atomic E-state index is 8.26. The standard InChI is InChI=1S/C9H12N2/c1-8(2)5-4-6-11-9(3)7-10/h4-6,8H,3H2,1-2H3/b5-4-,11-6-. The first kappa shape index (κ1) is 9.64. The molecule has 0 atom stereocenters. The van der Waals surface area contributed by atoms with Gasteiger partial charge in [-0.25, -0.2) is 4.99 Å². The Bertz CT molecular complexity index is 216. The molecule has 0 amide bonds. The molecule has 0 radical (unpaired) electrons. The highest BCUT2D eigenvalue weighted by atomic mass is 14.7. The van der Waals surface area contributed by atoms with Gasteiger partial charge in [0.15, 0.2) is 0 Å². The normalized spacial score (nSPS) is 11.1. The van der Waals surface area contributed by atoms with E-state index in [0.29, 0.717) is 5.92 Å². The van der Waals surface area contributed by atoms with Gasteiger partial charge in [-0.15, -0.1) is 0 Å². The highest BCUT2D eigenvalue weighted by Gasteiger charge is 1.81. The number of hydrogen-bond acceptors (Lipinski definition) is 2. The second kappa shape index (κ2) is 5.43. The Kier molecular flexibility index (Phi) is 4.76. The fraction of sp³-hybridized carbons (Fsp3) is 0.333. The molecule has 0 rings (SSSR count). The van der Waals surface area contributed by atoms with Gasteiger partial charge in [0.1, 0.15) is 11.8 Å². The lowest BCUT2D eigenvalue weighted by Gasteiger charge is -1.88. The van der Waals surface area contributed by atoms with E-state index in [9.17, 15) is 0 Å². The lowest BCUT2D eigenvalue weighted by atomic mass is 10.2. The van der Waals surface area contributed by atoms with Gasteiger partial charge in [-0.05, 0) is 12.0 Å². The van der Waals surface area contributed by atoms with Crippen LogP contribution in [0.1, 0.15) is 13.8 Å². The predicted molar refractivity (Wildman–Crippen MR) is 47.2 cm³/mol. The van der Waals surface area contributed by atoms with E-state index in [1.54, 1.807) is 6.21 Å². The summed E-state index contributed by atoms with van der Waals surface area (Å²) in [6, 6.07) is 1.83. The number of nitriles is 1. The Labute approximate surface area is 67.6 Å². The maximum Gasteiger partial charge on any atom is 0.133 e. The van der Waals surface area contributed by atoms with Crippen molar-refractivity contribution in [1.82, 2.24) is 0 Å². The SMILES string of the molecule is C=C(C#N)/N=C\C=C/C(C)C. The Morgan fingerprint density at radius 3 is 2.73 bits per heavy atom. The van der Waals surface area contributed by atoms with Crippen LogP contribution in [0.2, 0.25) is 0 Å². The van der Waals surface area contributed by atoms with Crippen molar-refractivity contribution >= 4 is 6.21 Å². The zero-order chi connectivity index (χ0) is 8.69. The van der Waals surface area contributed by atoms with Crippen LogP contribution < -0.4 is 0 Å². The van der Waals surface area contributed by atoms with Gasteiger partial charge >= 0.3 is 0 Å². The van der Waals surface area contributed by atoms with Gasteiger partial charge in [-0.2, -0.15) is 5.26 Å². The summed E-state index contributed by atoms with van der Waals surface area (Å²) in [6.45, 7) is 7.54. The van der Waals surface area contributed by atoms with Gasteiger partial charge in [0, 0.05) is 6.21 Å². The summed E-state index contributed by atoms with van der Waals surface area (Å²) in [5, 5.41) is 8.26. The minimum absolute atomic E-state index is 0.235. The van der Waals surface area contributed by atoms with Crippen LogP contribution in [0.5, 0.6) is 0 Å². The topological polar surface area (TPSA) is 36.1 Å². The molecule has 0 saturated heterocycles.